The number of aliphatic hydroxyl groups excluding tert-OH is 4. The molecule has 0 spiro atoms. The summed E-state index contributed by atoms with van der Waals surface area (Å²) in [5.74, 6) is -1.37. The number of aliphatic hydroxyl groups is 4. The number of likely N-dealkylation sites (tertiary alicyclic amines) is 1. The Morgan fingerprint density at radius 2 is 1.61 bits per heavy atom. The van der Waals surface area contributed by atoms with Crippen molar-refractivity contribution in [1.29, 1.82) is 0 Å². The fraction of sp³-hybridized carbons (Fsp3) is 0.727. The zero-order valence-electron chi connectivity index (χ0n) is 17.9. The van der Waals surface area contributed by atoms with Crippen LogP contribution in [0.5, 0.6) is 0 Å². The number of halogens is 3. The normalized spacial score (nSPS) is 26.1. The van der Waals surface area contributed by atoms with Gasteiger partial charge in [0.25, 0.3) is 0 Å². The number of β-amino-alcohol motifs (C(OH)–C–C–N with tert-alkyl or cyclic N) is 2. The molecule has 1 aliphatic heterocycles. The third-order valence-corrected chi connectivity index (χ3v) is 5.56. The summed E-state index contributed by atoms with van der Waals surface area (Å²) < 4.78 is 47.3. The third-order valence-electron chi connectivity index (χ3n) is 5.56. The summed E-state index contributed by atoms with van der Waals surface area (Å²) in [6.45, 7) is 1.98. The van der Waals surface area contributed by atoms with Gasteiger partial charge in [0, 0.05) is 18.7 Å². The van der Waals surface area contributed by atoms with Gasteiger partial charge in [-0.25, -0.2) is 13.2 Å². The highest BCUT2D eigenvalue weighted by Gasteiger charge is 2.35. The van der Waals surface area contributed by atoms with E-state index in [9.17, 15) is 33.6 Å². The highest BCUT2D eigenvalue weighted by molar-refractivity contribution is 5.26. The summed E-state index contributed by atoms with van der Waals surface area (Å²) in [7, 11) is 0. The molecule has 1 aromatic carbocycles. The fourth-order valence-electron chi connectivity index (χ4n) is 3.76. The molecule has 1 aliphatic rings. The molecule has 1 saturated heterocycles. The Morgan fingerprint density at radius 1 is 1.03 bits per heavy atom. The molecule has 1 heterocycles. The number of nitrogens with zero attached hydrogens (tertiary/aromatic N) is 1. The lowest BCUT2D eigenvalue weighted by molar-refractivity contribution is -0.0894. The molecule has 2 rings (SSSR count). The predicted octanol–water partition coefficient (Wildman–Crippen LogP) is 1.70. The molecule has 6 nitrogen and oxygen atoms in total. The molecule has 1 unspecified atom stereocenters. The summed E-state index contributed by atoms with van der Waals surface area (Å²) >= 11 is 0. The lowest BCUT2D eigenvalue weighted by Gasteiger charge is -2.23. The fourth-order valence-corrected chi connectivity index (χ4v) is 3.76. The van der Waals surface area contributed by atoms with Crippen molar-refractivity contribution in [3.63, 3.8) is 0 Å². The molecule has 0 amide bonds. The van der Waals surface area contributed by atoms with Crippen LogP contribution in [0.2, 0.25) is 0 Å². The van der Waals surface area contributed by atoms with Crippen molar-refractivity contribution in [2.45, 2.75) is 76.2 Å². The highest BCUT2D eigenvalue weighted by atomic mass is 19.1. The molecule has 0 radical (unpaired) electrons. The van der Waals surface area contributed by atoms with E-state index in [2.05, 4.69) is 0 Å². The van der Waals surface area contributed by atoms with Crippen LogP contribution in [0, 0.1) is 11.6 Å². The average molecular weight is 450 g/mol. The lowest BCUT2D eigenvalue weighted by Crippen LogP contribution is -2.43. The second-order valence-corrected chi connectivity index (χ2v) is 8.27. The van der Waals surface area contributed by atoms with Crippen LogP contribution in [0.1, 0.15) is 43.7 Å². The van der Waals surface area contributed by atoms with Crippen LogP contribution in [0.3, 0.4) is 0 Å². The van der Waals surface area contributed by atoms with Crippen LogP contribution in [0.4, 0.5) is 13.2 Å². The molecular formula is C22H34F3NO5. The van der Waals surface area contributed by atoms with Crippen molar-refractivity contribution in [3.05, 3.63) is 34.9 Å². The summed E-state index contributed by atoms with van der Waals surface area (Å²) in [6.07, 6.45) is -3.81. The van der Waals surface area contributed by atoms with Crippen molar-refractivity contribution >= 4 is 0 Å². The van der Waals surface area contributed by atoms with Crippen LogP contribution in [-0.4, -0.2) is 82.2 Å². The van der Waals surface area contributed by atoms with Crippen LogP contribution in [0.15, 0.2) is 12.1 Å². The van der Waals surface area contributed by atoms with E-state index in [1.54, 1.807) is 4.90 Å². The summed E-state index contributed by atoms with van der Waals surface area (Å²) in [5.41, 5.74) is 0.382. The zero-order valence-corrected chi connectivity index (χ0v) is 17.9. The Balaban J connectivity index is 1.67. The van der Waals surface area contributed by atoms with Crippen molar-refractivity contribution in [1.82, 2.24) is 4.90 Å². The molecule has 1 aromatic rings. The first-order valence-corrected chi connectivity index (χ1v) is 10.9. The largest absolute Gasteiger partial charge is 0.389 e. The Hall–Kier alpha value is -1.23. The number of ether oxygens (including phenoxy) is 1. The quantitative estimate of drug-likeness (QED) is 0.385. The average Bonchev–Trinajstić information content (AvgIpc) is 2.79. The van der Waals surface area contributed by atoms with E-state index in [-0.39, 0.29) is 38.3 Å². The number of aryl methyl sites for hydroxylation is 1. The second kappa shape index (κ2) is 12.7. The van der Waals surface area contributed by atoms with Crippen molar-refractivity contribution in [2.24, 2.45) is 0 Å². The summed E-state index contributed by atoms with van der Waals surface area (Å²) in [4.78, 5) is 1.71. The van der Waals surface area contributed by atoms with E-state index in [1.165, 1.54) is 12.1 Å². The van der Waals surface area contributed by atoms with Gasteiger partial charge in [0.1, 0.15) is 30.0 Å². The van der Waals surface area contributed by atoms with Crippen LogP contribution < -0.4 is 0 Å². The first-order valence-electron chi connectivity index (χ1n) is 10.9. The van der Waals surface area contributed by atoms with Crippen molar-refractivity contribution in [2.75, 3.05) is 26.2 Å². The number of unbranched alkanes of at least 4 members (excludes halogenated alkanes) is 1. The van der Waals surface area contributed by atoms with E-state index in [1.807, 2.05) is 6.92 Å². The maximum absolute atomic E-state index is 14.1. The summed E-state index contributed by atoms with van der Waals surface area (Å²) in [6, 6.07) is 2.57. The number of hydrogen-bond acceptors (Lipinski definition) is 6. The van der Waals surface area contributed by atoms with Crippen LogP contribution in [-0.2, 0) is 17.8 Å². The minimum Gasteiger partial charge on any atom is -0.389 e. The van der Waals surface area contributed by atoms with Gasteiger partial charge in [0.2, 0.25) is 0 Å². The number of rotatable bonds is 11. The van der Waals surface area contributed by atoms with E-state index in [4.69, 9.17) is 4.74 Å². The highest BCUT2D eigenvalue weighted by Crippen LogP contribution is 2.19. The van der Waals surface area contributed by atoms with Gasteiger partial charge in [0.05, 0.1) is 25.4 Å². The predicted molar refractivity (Wildman–Crippen MR) is 109 cm³/mol. The maximum Gasteiger partial charge on any atom is 0.131 e. The first-order chi connectivity index (χ1) is 14.7. The number of benzene rings is 1. The minimum absolute atomic E-state index is 0.103. The lowest BCUT2D eigenvalue weighted by atomic mass is 10.1. The monoisotopic (exact) mass is 449 g/mol. The molecule has 178 valence electrons. The van der Waals surface area contributed by atoms with Crippen LogP contribution >= 0.6 is 0 Å². The third kappa shape index (κ3) is 8.00. The zero-order chi connectivity index (χ0) is 23.0. The van der Waals surface area contributed by atoms with Gasteiger partial charge in [0.15, 0.2) is 0 Å². The van der Waals surface area contributed by atoms with E-state index in [0.717, 1.165) is 6.42 Å². The SMILES string of the molecule is CCCc1cc(F)c(COCC(F)CCCCN2C[C@H](O)[C@@H](O)[C@H](O)[C@@H](O)C2)c(F)c1. The van der Waals surface area contributed by atoms with Gasteiger partial charge >= 0.3 is 0 Å². The minimum atomic E-state index is -1.41. The van der Waals surface area contributed by atoms with Gasteiger partial charge < -0.3 is 25.2 Å². The van der Waals surface area contributed by atoms with E-state index >= 15 is 0 Å². The first kappa shape index (κ1) is 26.0. The van der Waals surface area contributed by atoms with Gasteiger partial charge in [-0.1, -0.05) is 13.3 Å². The molecule has 0 bridgehead atoms. The van der Waals surface area contributed by atoms with Crippen molar-refractivity contribution in [3.8, 4) is 0 Å². The molecule has 0 aliphatic carbocycles. The maximum atomic E-state index is 14.1. The Kier molecular flexibility index (Phi) is 10.7. The van der Waals surface area contributed by atoms with Crippen molar-refractivity contribution < 1.29 is 38.3 Å². The Labute approximate surface area is 181 Å². The molecule has 31 heavy (non-hydrogen) atoms. The molecule has 0 aromatic heterocycles. The standard InChI is InChI=1S/C22H34F3NO5/c1-2-5-14-8-17(24)16(18(25)9-14)13-31-12-15(23)6-3-4-7-26-10-19(27)21(29)22(30)20(28)11-26/h8-9,15,19-22,27-30H,2-7,10-13H2,1H3/t15?,19-,20-,21+,22+/m0/s1. The second-order valence-electron chi connectivity index (χ2n) is 8.27. The molecule has 9 heteroatoms. The smallest absolute Gasteiger partial charge is 0.131 e. The molecular weight excluding hydrogens is 415 g/mol. The number of alkyl halides is 1. The van der Waals surface area contributed by atoms with Gasteiger partial charge in [-0.05, 0) is 49.9 Å². The summed E-state index contributed by atoms with van der Waals surface area (Å²) in [5, 5.41) is 39.1. The molecule has 0 saturated carbocycles. The Bertz CT molecular complexity index is 642. The molecule has 1 fully saturated rings. The number of hydrogen-bond donors (Lipinski definition) is 4. The van der Waals surface area contributed by atoms with Gasteiger partial charge in [-0.15, -0.1) is 0 Å². The van der Waals surface area contributed by atoms with Gasteiger partial charge in [-0.3, -0.25) is 4.90 Å². The molecule has 4 N–H and O–H groups in total. The van der Waals surface area contributed by atoms with E-state index in [0.29, 0.717) is 31.4 Å². The Morgan fingerprint density at radius 3 is 2.16 bits per heavy atom. The topological polar surface area (TPSA) is 93.4 Å². The molecule has 5 atom stereocenters. The van der Waals surface area contributed by atoms with Gasteiger partial charge in [-0.2, -0.15) is 0 Å². The van der Waals surface area contributed by atoms with E-state index < -0.39 is 42.2 Å². The van der Waals surface area contributed by atoms with Crippen LogP contribution in [0.25, 0.3) is 0 Å².